The highest BCUT2D eigenvalue weighted by atomic mass is 19.1. The van der Waals surface area contributed by atoms with Crippen LogP contribution in [-0.2, 0) is 6.54 Å². The Kier molecular flexibility index (Phi) is 5.99. The van der Waals surface area contributed by atoms with E-state index in [1.165, 1.54) is 24.3 Å². The van der Waals surface area contributed by atoms with Gasteiger partial charge in [0.2, 0.25) is 0 Å². The summed E-state index contributed by atoms with van der Waals surface area (Å²) < 4.78 is 26.8. The van der Waals surface area contributed by atoms with Crippen LogP contribution in [0.2, 0.25) is 0 Å². The Labute approximate surface area is 143 Å². The normalized spacial score (nSPS) is 12.6. The van der Waals surface area contributed by atoms with Gasteiger partial charge in [-0.05, 0) is 18.6 Å². The lowest BCUT2D eigenvalue weighted by Crippen LogP contribution is -2.38. The summed E-state index contributed by atoms with van der Waals surface area (Å²) in [5.74, 6) is -0.890. The molecule has 0 aliphatic heterocycles. The minimum atomic E-state index is -0.644. The second kappa shape index (κ2) is 8.18. The molecule has 0 aromatic heterocycles. The second-order valence-electron chi connectivity index (χ2n) is 5.38. The van der Waals surface area contributed by atoms with Gasteiger partial charge in [0, 0.05) is 37.4 Å². The zero-order valence-electron chi connectivity index (χ0n) is 13.8. The number of nitro benzene ring substituents is 1. The van der Waals surface area contributed by atoms with Crippen LogP contribution in [0.3, 0.4) is 0 Å². The average Bonchev–Trinajstić information content (AvgIpc) is 2.58. The van der Waals surface area contributed by atoms with Crippen LogP contribution in [0.5, 0.6) is 0 Å². The number of nitro groups is 1. The van der Waals surface area contributed by atoms with Crippen molar-refractivity contribution < 1.29 is 13.7 Å². The first-order valence-corrected chi connectivity index (χ1v) is 7.56. The van der Waals surface area contributed by atoms with Gasteiger partial charge in [-0.3, -0.25) is 15.1 Å². The highest BCUT2D eigenvalue weighted by molar-refractivity contribution is 5.80. The van der Waals surface area contributed by atoms with Gasteiger partial charge in [0.05, 0.1) is 11.0 Å². The minimum Gasteiger partial charge on any atom is -0.352 e. The zero-order chi connectivity index (χ0) is 18.4. The fraction of sp³-hybridized carbons (Fsp3) is 0.235. The molecule has 1 unspecified atom stereocenters. The van der Waals surface area contributed by atoms with Gasteiger partial charge in [-0.15, -0.1) is 0 Å². The molecule has 0 radical (unpaired) electrons. The van der Waals surface area contributed by atoms with Crippen molar-refractivity contribution in [3.05, 3.63) is 75.3 Å². The maximum atomic E-state index is 13.8. The molecule has 0 amide bonds. The summed E-state index contributed by atoms with van der Waals surface area (Å²) in [6.07, 6.45) is 0. The predicted octanol–water partition coefficient (Wildman–Crippen LogP) is 3.30. The molecule has 0 aliphatic carbocycles. The lowest BCUT2D eigenvalue weighted by molar-refractivity contribution is -0.384. The Morgan fingerprint density at radius 2 is 2.04 bits per heavy atom. The molecule has 25 heavy (non-hydrogen) atoms. The van der Waals surface area contributed by atoms with Crippen LogP contribution in [0, 0.1) is 21.7 Å². The van der Waals surface area contributed by atoms with Gasteiger partial charge in [-0.1, -0.05) is 18.2 Å². The first-order valence-electron chi connectivity index (χ1n) is 7.56. The second-order valence-corrected chi connectivity index (χ2v) is 5.38. The van der Waals surface area contributed by atoms with E-state index in [1.807, 2.05) is 0 Å². The number of rotatable bonds is 5. The molecule has 2 aromatic carbocycles. The lowest BCUT2D eigenvalue weighted by atomic mass is 10.1. The summed E-state index contributed by atoms with van der Waals surface area (Å²) in [5, 5.41) is 16.8. The third-order valence-electron chi connectivity index (χ3n) is 3.59. The Balaban J connectivity index is 2.01. The van der Waals surface area contributed by atoms with E-state index in [1.54, 1.807) is 26.1 Å². The van der Waals surface area contributed by atoms with Gasteiger partial charge >= 0.3 is 0 Å². The number of aliphatic imine (C=N–C) groups is 1. The molecule has 0 bridgehead atoms. The van der Waals surface area contributed by atoms with Gasteiger partial charge in [-0.2, -0.15) is 0 Å². The third kappa shape index (κ3) is 4.97. The van der Waals surface area contributed by atoms with Crippen molar-refractivity contribution in [1.29, 1.82) is 0 Å². The summed E-state index contributed by atoms with van der Waals surface area (Å²) in [4.78, 5) is 14.4. The Hall–Kier alpha value is -3.03. The van der Waals surface area contributed by atoms with Crippen molar-refractivity contribution in [1.82, 2.24) is 10.6 Å². The molecular formula is C17H18F2N4O2. The Bertz CT molecular complexity index is 796. The van der Waals surface area contributed by atoms with Crippen LogP contribution < -0.4 is 10.6 Å². The number of non-ortho nitro benzene ring substituents is 1. The molecule has 0 heterocycles. The molecule has 2 aromatic rings. The van der Waals surface area contributed by atoms with E-state index in [-0.39, 0.29) is 5.69 Å². The van der Waals surface area contributed by atoms with Gasteiger partial charge in [0.1, 0.15) is 11.6 Å². The highest BCUT2D eigenvalue weighted by Gasteiger charge is 2.13. The molecule has 2 N–H and O–H groups in total. The topological polar surface area (TPSA) is 79.6 Å². The van der Waals surface area contributed by atoms with E-state index in [0.717, 1.165) is 6.07 Å². The molecule has 0 spiro atoms. The van der Waals surface area contributed by atoms with E-state index in [4.69, 9.17) is 0 Å². The SMILES string of the molecule is CN=C(NCc1cccc([N+](=O)[O-])c1)NC(C)c1ccc(F)cc1F. The van der Waals surface area contributed by atoms with E-state index < -0.39 is 22.6 Å². The van der Waals surface area contributed by atoms with E-state index >= 15 is 0 Å². The molecule has 1 atom stereocenters. The molecule has 0 saturated carbocycles. The van der Waals surface area contributed by atoms with Crippen molar-refractivity contribution in [2.45, 2.75) is 19.5 Å². The van der Waals surface area contributed by atoms with Crippen molar-refractivity contribution in [2.75, 3.05) is 7.05 Å². The summed E-state index contributed by atoms with van der Waals surface area (Å²) in [6, 6.07) is 9.16. The lowest BCUT2D eigenvalue weighted by Gasteiger charge is -2.19. The number of benzene rings is 2. The summed E-state index contributed by atoms with van der Waals surface area (Å²) in [6.45, 7) is 2.02. The van der Waals surface area contributed by atoms with Crippen LogP contribution in [0.1, 0.15) is 24.1 Å². The highest BCUT2D eigenvalue weighted by Crippen LogP contribution is 2.17. The quantitative estimate of drug-likeness (QED) is 0.376. The predicted molar refractivity (Wildman–Crippen MR) is 91.2 cm³/mol. The fourth-order valence-electron chi connectivity index (χ4n) is 2.30. The first-order chi connectivity index (χ1) is 11.9. The fourth-order valence-corrected chi connectivity index (χ4v) is 2.30. The smallest absolute Gasteiger partial charge is 0.269 e. The molecule has 6 nitrogen and oxygen atoms in total. The van der Waals surface area contributed by atoms with Crippen molar-refractivity contribution in [3.8, 4) is 0 Å². The third-order valence-corrected chi connectivity index (χ3v) is 3.59. The maximum absolute atomic E-state index is 13.8. The van der Waals surface area contributed by atoms with Crippen LogP contribution in [0.25, 0.3) is 0 Å². The molecule has 2 rings (SSSR count). The number of hydrogen-bond donors (Lipinski definition) is 2. The van der Waals surface area contributed by atoms with Gasteiger partial charge in [0.25, 0.3) is 5.69 Å². The summed E-state index contributed by atoms with van der Waals surface area (Å²) in [5.41, 5.74) is 1.02. The first kappa shape index (κ1) is 18.3. The van der Waals surface area contributed by atoms with Crippen molar-refractivity contribution in [3.63, 3.8) is 0 Å². The van der Waals surface area contributed by atoms with Crippen molar-refractivity contribution >= 4 is 11.6 Å². The van der Waals surface area contributed by atoms with Crippen LogP contribution in [0.15, 0.2) is 47.5 Å². The number of nitrogens with one attached hydrogen (secondary N) is 2. The molecule has 132 valence electrons. The van der Waals surface area contributed by atoms with Gasteiger partial charge < -0.3 is 10.6 Å². The standard InChI is InChI=1S/C17H18F2N4O2/c1-11(15-7-6-13(18)9-16(15)19)22-17(20-2)21-10-12-4-3-5-14(8-12)23(24)25/h3-9,11H,10H2,1-2H3,(H2,20,21,22). The van der Waals surface area contributed by atoms with Crippen LogP contribution in [0.4, 0.5) is 14.5 Å². The van der Waals surface area contributed by atoms with E-state index in [0.29, 0.717) is 23.6 Å². The van der Waals surface area contributed by atoms with Gasteiger partial charge in [0.15, 0.2) is 5.96 Å². The maximum Gasteiger partial charge on any atom is 0.269 e. The number of hydrogen-bond acceptors (Lipinski definition) is 3. The minimum absolute atomic E-state index is 0.00370. The Morgan fingerprint density at radius 1 is 1.28 bits per heavy atom. The summed E-state index contributed by atoms with van der Waals surface area (Å²) >= 11 is 0. The van der Waals surface area contributed by atoms with E-state index in [2.05, 4.69) is 15.6 Å². The molecule has 0 fully saturated rings. The number of halogens is 2. The Morgan fingerprint density at radius 3 is 2.68 bits per heavy atom. The molecule has 8 heteroatoms. The molecule has 0 saturated heterocycles. The molecule has 0 aliphatic rings. The largest absolute Gasteiger partial charge is 0.352 e. The van der Waals surface area contributed by atoms with Crippen molar-refractivity contribution in [2.24, 2.45) is 4.99 Å². The number of nitrogens with zero attached hydrogens (tertiary/aromatic N) is 2. The average molecular weight is 348 g/mol. The monoisotopic (exact) mass is 348 g/mol. The number of guanidine groups is 1. The van der Waals surface area contributed by atoms with E-state index in [9.17, 15) is 18.9 Å². The van der Waals surface area contributed by atoms with Crippen LogP contribution >= 0.6 is 0 Å². The zero-order valence-corrected chi connectivity index (χ0v) is 13.8. The van der Waals surface area contributed by atoms with Gasteiger partial charge in [-0.25, -0.2) is 8.78 Å². The molecular weight excluding hydrogens is 330 g/mol. The summed E-state index contributed by atoms with van der Waals surface area (Å²) in [7, 11) is 1.55. The van der Waals surface area contributed by atoms with Crippen LogP contribution in [-0.4, -0.2) is 17.9 Å².